The minimum absolute atomic E-state index is 0.0234. The molecule has 2 aromatic heterocycles. The zero-order chi connectivity index (χ0) is 23.6. The molecule has 4 aromatic rings. The summed E-state index contributed by atoms with van der Waals surface area (Å²) in [7, 11) is -3.72. The monoisotopic (exact) mass is 471 g/mol. The van der Waals surface area contributed by atoms with Crippen LogP contribution in [0.1, 0.15) is 30.1 Å². The normalized spacial score (nSPS) is 13.0. The van der Waals surface area contributed by atoms with Crippen LogP contribution in [0.4, 0.5) is 0 Å². The zero-order valence-electron chi connectivity index (χ0n) is 17.9. The molecule has 1 atom stereocenters. The zero-order valence-corrected chi connectivity index (χ0v) is 18.7. The number of nitrogens with zero attached hydrogens (tertiary/aromatic N) is 2. The lowest BCUT2D eigenvalue weighted by Gasteiger charge is -2.07. The highest BCUT2D eigenvalue weighted by Gasteiger charge is 2.19. The van der Waals surface area contributed by atoms with Crippen LogP contribution in [0.5, 0.6) is 0 Å². The number of aromatic amines is 2. The first-order valence-electron chi connectivity index (χ1n) is 10.3. The third-order valence-corrected chi connectivity index (χ3v) is 6.65. The van der Waals surface area contributed by atoms with Crippen molar-refractivity contribution in [1.82, 2.24) is 24.7 Å². The van der Waals surface area contributed by atoms with Crippen molar-refractivity contribution in [2.75, 3.05) is 26.4 Å². The highest BCUT2D eigenvalue weighted by molar-refractivity contribution is 7.89. The van der Waals surface area contributed by atoms with E-state index in [0.29, 0.717) is 33.8 Å². The summed E-state index contributed by atoms with van der Waals surface area (Å²) in [5.74, 6) is 1.08. The Labute approximate surface area is 190 Å². The maximum absolute atomic E-state index is 12.6. The van der Waals surface area contributed by atoms with Gasteiger partial charge in [0.15, 0.2) is 0 Å². The molecule has 2 heterocycles. The molecule has 12 heteroatoms. The van der Waals surface area contributed by atoms with Gasteiger partial charge in [0.1, 0.15) is 17.5 Å². The Morgan fingerprint density at radius 1 is 1.12 bits per heavy atom. The number of ether oxygens (including phenoxy) is 1. The van der Waals surface area contributed by atoms with Gasteiger partial charge < -0.3 is 25.5 Å². The number of aliphatic hydroxyl groups excluding tert-OH is 1. The van der Waals surface area contributed by atoms with E-state index in [9.17, 15) is 8.42 Å². The molecule has 0 radical (unpaired) electrons. The standard InChI is InChI=1S/C21H25N7O4S/c1-12(20-25-15-4-2-13(19(22)23)10-17(15)27-20)21-26-16-5-3-14(11-18(16)28-21)33(30,31)24-6-8-32-9-7-29/h2-5,10-12,24,29H,6-9H2,1H3,(H3,22,23)(H,25,27)(H,26,28). The summed E-state index contributed by atoms with van der Waals surface area (Å²) in [5, 5.41) is 16.3. The van der Waals surface area contributed by atoms with E-state index >= 15 is 0 Å². The predicted molar refractivity (Wildman–Crippen MR) is 124 cm³/mol. The molecular weight excluding hydrogens is 446 g/mol. The minimum atomic E-state index is -3.72. The molecule has 2 aromatic carbocycles. The first kappa shape index (κ1) is 22.9. The van der Waals surface area contributed by atoms with Crippen molar-refractivity contribution >= 4 is 37.9 Å². The summed E-state index contributed by atoms with van der Waals surface area (Å²) in [6.07, 6.45) is 0. The van der Waals surface area contributed by atoms with Crippen LogP contribution in [0.2, 0.25) is 0 Å². The summed E-state index contributed by atoms with van der Waals surface area (Å²) in [5.41, 5.74) is 8.90. The molecule has 0 saturated heterocycles. The van der Waals surface area contributed by atoms with Crippen molar-refractivity contribution in [3.05, 3.63) is 53.6 Å². The fraction of sp³-hybridized carbons (Fsp3) is 0.286. The first-order valence-corrected chi connectivity index (χ1v) is 11.8. The molecule has 0 aliphatic heterocycles. The molecule has 0 amide bonds. The summed E-state index contributed by atoms with van der Waals surface area (Å²) < 4.78 is 32.7. The second-order valence-electron chi connectivity index (χ2n) is 7.52. The molecule has 7 N–H and O–H groups in total. The molecule has 11 nitrogen and oxygen atoms in total. The number of rotatable bonds is 10. The predicted octanol–water partition coefficient (Wildman–Crippen LogP) is 1.16. The lowest BCUT2D eigenvalue weighted by Crippen LogP contribution is -2.27. The molecule has 4 rings (SSSR count). The average molecular weight is 472 g/mol. The maximum atomic E-state index is 12.6. The average Bonchev–Trinajstić information content (AvgIpc) is 3.41. The number of sulfonamides is 1. The molecule has 1 unspecified atom stereocenters. The molecular formula is C21H25N7O4S. The topological polar surface area (TPSA) is 183 Å². The highest BCUT2D eigenvalue weighted by atomic mass is 32.2. The molecule has 0 bridgehead atoms. The molecule has 0 aliphatic rings. The van der Waals surface area contributed by atoms with Gasteiger partial charge in [-0.15, -0.1) is 0 Å². The number of aromatic nitrogens is 4. The van der Waals surface area contributed by atoms with E-state index in [1.807, 2.05) is 13.0 Å². The number of hydrogen-bond acceptors (Lipinski definition) is 7. The minimum Gasteiger partial charge on any atom is -0.394 e. The number of benzene rings is 2. The quantitative estimate of drug-likeness (QED) is 0.114. The fourth-order valence-electron chi connectivity index (χ4n) is 3.40. The van der Waals surface area contributed by atoms with E-state index in [4.69, 9.17) is 21.0 Å². The Kier molecular flexibility index (Phi) is 6.42. The maximum Gasteiger partial charge on any atom is 0.240 e. The molecule has 0 spiro atoms. The van der Waals surface area contributed by atoms with E-state index in [-0.39, 0.29) is 43.0 Å². The summed E-state index contributed by atoms with van der Waals surface area (Å²) >= 11 is 0. The van der Waals surface area contributed by atoms with Gasteiger partial charge in [-0.1, -0.05) is 0 Å². The van der Waals surface area contributed by atoms with Gasteiger partial charge in [0.2, 0.25) is 10.0 Å². The Bertz CT molecular complexity index is 1410. The number of nitrogens with one attached hydrogen (secondary N) is 4. The second kappa shape index (κ2) is 9.27. The number of nitrogens with two attached hydrogens (primary N) is 1. The van der Waals surface area contributed by atoms with Crippen molar-refractivity contribution in [1.29, 1.82) is 5.41 Å². The third kappa shape index (κ3) is 4.88. The molecule has 0 saturated carbocycles. The van der Waals surface area contributed by atoms with E-state index in [1.165, 1.54) is 12.1 Å². The highest BCUT2D eigenvalue weighted by Crippen LogP contribution is 2.26. The third-order valence-electron chi connectivity index (χ3n) is 5.19. The summed E-state index contributed by atoms with van der Waals surface area (Å²) in [4.78, 5) is 15.8. The molecule has 174 valence electrons. The van der Waals surface area contributed by atoms with Crippen LogP contribution in [0.3, 0.4) is 0 Å². The summed E-state index contributed by atoms with van der Waals surface area (Å²) in [6.45, 7) is 2.24. The number of H-pyrrole nitrogens is 2. The Balaban J connectivity index is 1.55. The Hall–Kier alpha value is -3.32. The fourth-order valence-corrected chi connectivity index (χ4v) is 4.44. The number of fused-ring (bicyclic) bond motifs is 2. The van der Waals surface area contributed by atoms with Gasteiger partial charge in [-0.2, -0.15) is 0 Å². The van der Waals surface area contributed by atoms with Crippen LogP contribution < -0.4 is 10.5 Å². The van der Waals surface area contributed by atoms with Crippen LogP contribution in [0, 0.1) is 5.41 Å². The van der Waals surface area contributed by atoms with E-state index in [1.54, 1.807) is 18.2 Å². The van der Waals surface area contributed by atoms with E-state index in [2.05, 4.69) is 24.7 Å². The number of imidazole rings is 2. The number of nitrogen functional groups attached to an aromatic ring is 1. The van der Waals surface area contributed by atoms with Crippen molar-refractivity contribution in [2.24, 2.45) is 5.73 Å². The largest absolute Gasteiger partial charge is 0.394 e. The van der Waals surface area contributed by atoms with Gasteiger partial charge in [-0.3, -0.25) is 5.41 Å². The molecule has 0 fully saturated rings. The van der Waals surface area contributed by atoms with Crippen molar-refractivity contribution < 1.29 is 18.3 Å². The van der Waals surface area contributed by atoms with Crippen molar-refractivity contribution in [3.63, 3.8) is 0 Å². The van der Waals surface area contributed by atoms with E-state index in [0.717, 1.165) is 5.52 Å². The van der Waals surface area contributed by atoms with Crippen LogP contribution in [0.15, 0.2) is 41.3 Å². The van der Waals surface area contributed by atoms with Crippen molar-refractivity contribution in [3.8, 4) is 0 Å². The van der Waals surface area contributed by atoms with E-state index < -0.39 is 10.0 Å². The summed E-state index contributed by atoms with van der Waals surface area (Å²) in [6, 6.07) is 10.0. The van der Waals surface area contributed by atoms with Crippen LogP contribution >= 0.6 is 0 Å². The van der Waals surface area contributed by atoms with Gasteiger partial charge in [0.05, 0.1) is 52.7 Å². The number of aliphatic hydroxyl groups is 1. The second-order valence-corrected chi connectivity index (χ2v) is 9.29. The van der Waals surface area contributed by atoms with Gasteiger partial charge in [0, 0.05) is 12.1 Å². The van der Waals surface area contributed by atoms with Gasteiger partial charge in [-0.05, 0) is 43.3 Å². The van der Waals surface area contributed by atoms with Crippen LogP contribution in [-0.2, 0) is 14.8 Å². The number of hydrogen-bond donors (Lipinski definition) is 6. The lowest BCUT2D eigenvalue weighted by atomic mass is 10.1. The van der Waals surface area contributed by atoms with Crippen molar-refractivity contribution in [2.45, 2.75) is 17.7 Å². The van der Waals surface area contributed by atoms with Gasteiger partial charge >= 0.3 is 0 Å². The van der Waals surface area contributed by atoms with Crippen LogP contribution in [0.25, 0.3) is 22.1 Å². The Morgan fingerprint density at radius 2 is 1.76 bits per heavy atom. The SMILES string of the molecule is CC(c1nc2cc(C(=N)N)ccc2[nH]1)c1nc2cc(S(=O)(=O)NCCOCCO)ccc2[nH]1. The van der Waals surface area contributed by atoms with Crippen LogP contribution in [-0.4, -0.2) is 65.7 Å². The smallest absolute Gasteiger partial charge is 0.240 e. The lowest BCUT2D eigenvalue weighted by molar-refractivity contribution is 0.0961. The number of amidine groups is 1. The first-order chi connectivity index (χ1) is 15.8. The Morgan fingerprint density at radius 3 is 2.39 bits per heavy atom. The van der Waals surface area contributed by atoms with Gasteiger partial charge in [-0.25, -0.2) is 23.1 Å². The molecule has 0 aliphatic carbocycles. The molecule has 33 heavy (non-hydrogen) atoms. The van der Waals surface area contributed by atoms with Gasteiger partial charge in [0.25, 0.3) is 0 Å².